The van der Waals surface area contributed by atoms with E-state index >= 15 is 0 Å². The quantitative estimate of drug-likeness (QED) is 0.430. The first kappa shape index (κ1) is 11.6. The standard InChI is InChI=1S/C13H14FN3/c14-10-5-3-4-9(8-10)13(17-16)11-6-1-2-7-12(11)15/h1-8,13,17H,15-16H2. The summed E-state index contributed by atoms with van der Waals surface area (Å²) in [5.41, 5.74) is 10.7. The van der Waals surface area contributed by atoms with Gasteiger partial charge < -0.3 is 5.73 Å². The highest BCUT2D eigenvalue weighted by atomic mass is 19.1. The van der Waals surface area contributed by atoms with Gasteiger partial charge in [0, 0.05) is 5.69 Å². The predicted octanol–water partition coefficient (Wildman–Crippen LogP) is 1.96. The summed E-state index contributed by atoms with van der Waals surface area (Å²) in [7, 11) is 0. The summed E-state index contributed by atoms with van der Waals surface area (Å²) in [6, 6.07) is 13.3. The molecule has 0 saturated heterocycles. The van der Waals surface area contributed by atoms with E-state index in [4.69, 9.17) is 11.6 Å². The average molecular weight is 231 g/mol. The van der Waals surface area contributed by atoms with E-state index in [1.807, 2.05) is 18.2 Å². The maximum atomic E-state index is 13.2. The van der Waals surface area contributed by atoms with E-state index in [0.717, 1.165) is 11.1 Å². The second kappa shape index (κ2) is 4.95. The smallest absolute Gasteiger partial charge is 0.123 e. The Morgan fingerprint density at radius 2 is 1.82 bits per heavy atom. The first-order valence-corrected chi connectivity index (χ1v) is 5.28. The van der Waals surface area contributed by atoms with Crippen LogP contribution in [0.25, 0.3) is 0 Å². The van der Waals surface area contributed by atoms with Gasteiger partial charge in [0.25, 0.3) is 0 Å². The lowest BCUT2D eigenvalue weighted by molar-refractivity contribution is 0.606. The van der Waals surface area contributed by atoms with Gasteiger partial charge in [0.15, 0.2) is 0 Å². The van der Waals surface area contributed by atoms with Gasteiger partial charge in [0.2, 0.25) is 0 Å². The molecule has 0 heterocycles. The number of hydrogen-bond acceptors (Lipinski definition) is 3. The van der Waals surface area contributed by atoms with Crippen LogP contribution >= 0.6 is 0 Å². The zero-order valence-electron chi connectivity index (χ0n) is 9.23. The van der Waals surface area contributed by atoms with Crippen LogP contribution in [0, 0.1) is 5.82 Å². The Bertz CT molecular complexity index is 514. The Balaban J connectivity index is 2.44. The molecule has 0 amide bonds. The Morgan fingerprint density at radius 1 is 1.06 bits per heavy atom. The van der Waals surface area contributed by atoms with Gasteiger partial charge in [-0.2, -0.15) is 0 Å². The Labute approximate surface area is 99.2 Å². The van der Waals surface area contributed by atoms with Crippen molar-refractivity contribution in [3.8, 4) is 0 Å². The zero-order valence-corrected chi connectivity index (χ0v) is 9.23. The van der Waals surface area contributed by atoms with Crippen molar-refractivity contribution in [1.82, 2.24) is 5.43 Å². The minimum Gasteiger partial charge on any atom is -0.398 e. The van der Waals surface area contributed by atoms with Crippen LogP contribution in [0.2, 0.25) is 0 Å². The highest BCUT2D eigenvalue weighted by Crippen LogP contribution is 2.26. The first-order chi connectivity index (χ1) is 8.22. The molecule has 0 aliphatic heterocycles. The van der Waals surface area contributed by atoms with Crippen molar-refractivity contribution in [2.24, 2.45) is 5.84 Å². The molecule has 3 nitrogen and oxygen atoms in total. The van der Waals surface area contributed by atoms with Crippen molar-refractivity contribution >= 4 is 5.69 Å². The van der Waals surface area contributed by atoms with E-state index in [-0.39, 0.29) is 11.9 Å². The topological polar surface area (TPSA) is 64.1 Å². The minimum absolute atomic E-state index is 0.294. The Morgan fingerprint density at radius 3 is 2.47 bits per heavy atom. The summed E-state index contributed by atoms with van der Waals surface area (Å²) >= 11 is 0. The average Bonchev–Trinajstić information content (AvgIpc) is 2.33. The van der Waals surface area contributed by atoms with Crippen LogP contribution in [0.3, 0.4) is 0 Å². The Hall–Kier alpha value is -1.91. The molecule has 0 bridgehead atoms. The van der Waals surface area contributed by atoms with Gasteiger partial charge in [-0.1, -0.05) is 30.3 Å². The molecule has 2 rings (SSSR count). The molecule has 1 atom stereocenters. The fraction of sp³-hybridized carbons (Fsp3) is 0.0769. The van der Waals surface area contributed by atoms with E-state index in [1.165, 1.54) is 12.1 Å². The van der Waals surface area contributed by atoms with Crippen LogP contribution in [0.15, 0.2) is 48.5 Å². The van der Waals surface area contributed by atoms with Crippen molar-refractivity contribution in [2.45, 2.75) is 6.04 Å². The monoisotopic (exact) mass is 231 g/mol. The van der Waals surface area contributed by atoms with Crippen molar-refractivity contribution in [3.05, 3.63) is 65.5 Å². The number of halogens is 1. The van der Waals surface area contributed by atoms with E-state index in [9.17, 15) is 4.39 Å². The number of hydrogen-bond donors (Lipinski definition) is 3. The normalized spacial score (nSPS) is 12.4. The highest BCUT2D eigenvalue weighted by Gasteiger charge is 2.14. The van der Waals surface area contributed by atoms with Gasteiger partial charge in [0.05, 0.1) is 6.04 Å². The predicted molar refractivity (Wildman–Crippen MR) is 66.4 cm³/mol. The molecule has 17 heavy (non-hydrogen) atoms. The van der Waals surface area contributed by atoms with Crippen LogP contribution < -0.4 is 17.0 Å². The molecule has 2 aromatic rings. The van der Waals surface area contributed by atoms with E-state index < -0.39 is 0 Å². The summed E-state index contributed by atoms with van der Waals surface area (Å²) in [4.78, 5) is 0. The van der Waals surface area contributed by atoms with Gasteiger partial charge in [-0.25, -0.2) is 9.82 Å². The van der Waals surface area contributed by atoms with E-state index in [1.54, 1.807) is 18.2 Å². The van der Waals surface area contributed by atoms with Gasteiger partial charge in [-0.05, 0) is 29.3 Å². The van der Waals surface area contributed by atoms with E-state index in [0.29, 0.717) is 5.69 Å². The number of benzene rings is 2. The summed E-state index contributed by atoms with van der Waals surface area (Å²) in [6.45, 7) is 0. The summed E-state index contributed by atoms with van der Waals surface area (Å²) in [5, 5.41) is 0. The molecular formula is C13H14FN3. The van der Waals surface area contributed by atoms with Gasteiger partial charge in [0.1, 0.15) is 5.82 Å². The molecule has 0 saturated carbocycles. The van der Waals surface area contributed by atoms with Crippen LogP contribution in [0.1, 0.15) is 17.2 Å². The number of para-hydroxylation sites is 1. The number of nitrogens with one attached hydrogen (secondary N) is 1. The van der Waals surface area contributed by atoms with E-state index in [2.05, 4.69) is 5.43 Å². The number of nitrogens with two attached hydrogens (primary N) is 2. The lowest BCUT2D eigenvalue weighted by Gasteiger charge is -2.18. The van der Waals surface area contributed by atoms with Crippen LogP contribution in [0.4, 0.5) is 10.1 Å². The summed E-state index contributed by atoms with van der Waals surface area (Å²) in [5.74, 6) is 5.23. The molecule has 88 valence electrons. The lowest BCUT2D eigenvalue weighted by atomic mass is 9.98. The zero-order chi connectivity index (χ0) is 12.3. The molecule has 0 fully saturated rings. The van der Waals surface area contributed by atoms with Crippen LogP contribution in [-0.4, -0.2) is 0 Å². The molecule has 5 N–H and O–H groups in total. The third-order valence-corrected chi connectivity index (χ3v) is 2.66. The maximum Gasteiger partial charge on any atom is 0.123 e. The molecule has 0 aliphatic rings. The van der Waals surface area contributed by atoms with Crippen molar-refractivity contribution in [2.75, 3.05) is 5.73 Å². The van der Waals surface area contributed by atoms with Crippen LogP contribution in [0.5, 0.6) is 0 Å². The molecule has 4 heteroatoms. The molecule has 1 unspecified atom stereocenters. The fourth-order valence-corrected chi connectivity index (χ4v) is 1.83. The number of rotatable bonds is 3. The number of anilines is 1. The number of nitrogen functional groups attached to an aromatic ring is 1. The SMILES string of the molecule is NNC(c1cccc(F)c1)c1ccccc1N. The highest BCUT2D eigenvalue weighted by molar-refractivity contribution is 5.51. The molecule has 0 spiro atoms. The third-order valence-electron chi connectivity index (χ3n) is 2.66. The van der Waals surface area contributed by atoms with Crippen molar-refractivity contribution in [3.63, 3.8) is 0 Å². The van der Waals surface area contributed by atoms with Crippen molar-refractivity contribution < 1.29 is 4.39 Å². The minimum atomic E-state index is -0.313. The first-order valence-electron chi connectivity index (χ1n) is 5.28. The molecule has 0 aromatic heterocycles. The van der Waals surface area contributed by atoms with Gasteiger partial charge >= 0.3 is 0 Å². The van der Waals surface area contributed by atoms with Crippen LogP contribution in [-0.2, 0) is 0 Å². The molecule has 2 aromatic carbocycles. The largest absolute Gasteiger partial charge is 0.398 e. The summed E-state index contributed by atoms with van der Waals surface area (Å²) < 4.78 is 13.2. The summed E-state index contributed by atoms with van der Waals surface area (Å²) in [6.07, 6.45) is 0. The molecule has 0 radical (unpaired) electrons. The molecule has 0 aliphatic carbocycles. The Kier molecular flexibility index (Phi) is 3.37. The second-order valence-corrected chi connectivity index (χ2v) is 3.78. The second-order valence-electron chi connectivity index (χ2n) is 3.78. The fourth-order valence-electron chi connectivity index (χ4n) is 1.83. The lowest BCUT2D eigenvalue weighted by Crippen LogP contribution is -2.29. The number of hydrazine groups is 1. The maximum absolute atomic E-state index is 13.2. The van der Waals surface area contributed by atoms with Gasteiger partial charge in [-0.3, -0.25) is 5.84 Å². The third kappa shape index (κ3) is 2.43. The van der Waals surface area contributed by atoms with Gasteiger partial charge in [-0.15, -0.1) is 0 Å². The van der Waals surface area contributed by atoms with Crippen molar-refractivity contribution in [1.29, 1.82) is 0 Å². The molecular weight excluding hydrogens is 217 g/mol.